The Hall–Kier alpha value is -4.39. The summed E-state index contributed by atoms with van der Waals surface area (Å²) in [7, 11) is 1.59. The van der Waals surface area contributed by atoms with Gasteiger partial charge in [-0.25, -0.2) is 4.79 Å². The van der Waals surface area contributed by atoms with E-state index in [0.29, 0.717) is 23.2 Å². The maximum absolute atomic E-state index is 13.2. The Labute approximate surface area is 215 Å². The first-order chi connectivity index (χ1) is 17.6. The summed E-state index contributed by atoms with van der Waals surface area (Å²) in [4.78, 5) is 38.0. The summed E-state index contributed by atoms with van der Waals surface area (Å²) in [6, 6.07) is 21.5. The number of rotatable bonds is 7. The van der Waals surface area contributed by atoms with E-state index in [4.69, 9.17) is 9.47 Å². The third kappa shape index (κ3) is 6.64. The lowest BCUT2D eigenvalue weighted by molar-refractivity contribution is -0.115. The standard InChI is InChI=1S/C30H30N2O5/c1-30(2,3)37-29(35)23-9-5-21(6-10-23)19-32-16-15-22-11-12-24(18-26(22)28(32)34)31-27(33)17-20-7-13-25(36-4)14-8-20/h5-16,18H,17,19H2,1-4H3,(H,31,33). The lowest BCUT2D eigenvalue weighted by atomic mass is 10.1. The quantitative estimate of drug-likeness (QED) is 0.354. The first-order valence-electron chi connectivity index (χ1n) is 12.0. The molecule has 0 unspecified atom stereocenters. The molecule has 0 bridgehead atoms. The number of amides is 1. The molecule has 0 saturated carbocycles. The molecule has 0 aliphatic carbocycles. The Kier molecular flexibility index (Phi) is 7.43. The molecule has 1 N–H and O–H groups in total. The summed E-state index contributed by atoms with van der Waals surface area (Å²) in [5.74, 6) is 0.170. The van der Waals surface area contributed by atoms with Crippen LogP contribution in [0.2, 0.25) is 0 Å². The molecular formula is C30H30N2O5. The van der Waals surface area contributed by atoms with Gasteiger partial charge in [-0.2, -0.15) is 0 Å². The highest BCUT2D eigenvalue weighted by Crippen LogP contribution is 2.18. The molecule has 3 aromatic carbocycles. The van der Waals surface area contributed by atoms with Gasteiger partial charge in [-0.1, -0.05) is 30.3 Å². The van der Waals surface area contributed by atoms with E-state index in [1.807, 2.05) is 69.3 Å². The van der Waals surface area contributed by atoms with Gasteiger partial charge in [0.1, 0.15) is 11.4 Å². The molecule has 0 aliphatic heterocycles. The molecule has 1 heterocycles. The molecule has 1 amide bonds. The average molecular weight is 499 g/mol. The maximum atomic E-state index is 13.2. The van der Waals surface area contributed by atoms with E-state index in [-0.39, 0.29) is 23.9 Å². The number of benzene rings is 3. The monoisotopic (exact) mass is 498 g/mol. The molecule has 190 valence electrons. The van der Waals surface area contributed by atoms with Crippen molar-refractivity contribution in [3.63, 3.8) is 0 Å². The van der Waals surface area contributed by atoms with Crippen molar-refractivity contribution in [2.24, 2.45) is 0 Å². The zero-order valence-electron chi connectivity index (χ0n) is 21.4. The van der Waals surface area contributed by atoms with E-state index < -0.39 is 5.60 Å². The maximum Gasteiger partial charge on any atom is 0.338 e. The number of carbonyl (C=O) groups excluding carboxylic acids is 2. The average Bonchev–Trinajstić information content (AvgIpc) is 2.86. The number of nitrogens with zero attached hydrogens (tertiary/aromatic N) is 1. The van der Waals surface area contributed by atoms with E-state index in [9.17, 15) is 14.4 Å². The second-order valence-electron chi connectivity index (χ2n) is 9.82. The second-order valence-corrected chi connectivity index (χ2v) is 9.82. The van der Waals surface area contributed by atoms with Crippen LogP contribution in [-0.2, 0) is 22.5 Å². The SMILES string of the molecule is COc1ccc(CC(=O)Nc2ccc3ccn(Cc4ccc(C(=O)OC(C)(C)C)cc4)c(=O)c3c2)cc1. The lowest BCUT2D eigenvalue weighted by Gasteiger charge is -2.19. The lowest BCUT2D eigenvalue weighted by Crippen LogP contribution is -2.24. The second kappa shape index (κ2) is 10.7. The summed E-state index contributed by atoms with van der Waals surface area (Å²) in [5.41, 5.74) is 2.02. The molecule has 0 aliphatic rings. The van der Waals surface area contributed by atoms with Gasteiger partial charge in [-0.3, -0.25) is 9.59 Å². The highest BCUT2D eigenvalue weighted by molar-refractivity contribution is 5.95. The van der Waals surface area contributed by atoms with Gasteiger partial charge in [0.05, 0.1) is 25.6 Å². The van der Waals surface area contributed by atoms with Crippen LogP contribution in [0.4, 0.5) is 5.69 Å². The Morgan fingerprint density at radius 1 is 0.892 bits per heavy atom. The smallest absolute Gasteiger partial charge is 0.338 e. The van der Waals surface area contributed by atoms with Crippen molar-refractivity contribution in [2.75, 3.05) is 12.4 Å². The molecule has 1 aromatic heterocycles. The van der Waals surface area contributed by atoms with Crippen LogP contribution in [0.1, 0.15) is 42.3 Å². The predicted molar refractivity (Wildman–Crippen MR) is 144 cm³/mol. The van der Waals surface area contributed by atoms with Crippen molar-refractivity contribution in [3.8, 4) is 5.75 Å². The number of fused-ring (bicyclic) bond motifs is 1. The van der Waals surface area contributed by atoms with Crippen LogP contribution in [0, 0.1) is 0 Å². The van der Waals surface area contributed by atoms with Crippen molar-refractivity contribution in [2.45, 2.75) is 39.3 Å². The van der Waals surface area contributed by atoms with Crippen molar-refractivity contribution >= 4 is 28.3 Å². The summed E-state index contributed by atoms with van der Waals surface area (Å²) < 4.78 is 12.2. The van der Waals surface area contributed by atoms with Gasteiger partial charge in [0.2, 0.25) is 5.91 Å². The molecule has 0 spiro atoms. The fraction of sp³-hybridized carbons (Fsp3) is 0.233. The summed E-state index contributed by atoms with van der Waals surface area (Å²) in [5, 5.41) is 4.17. The van der Waals surface area contributed by atoms with Gasteiger partial charge in [0.25, 0.3) is 5.56 Å². The molecule has 37 heavy (non-hydrogen) atoms. The highest BCUT2D eigenvalue weighted by Gasteiger charge is 2.17. The van der Waals surface area contributed by atoms with E-state index in [2.05, 4.69) is 5.32 Å². The van der Waals surface area contributed by atoms with Gasteiger partial charge >= 0.3 is 5.97 Å². The van der Waals surface area contributed by atoms with Gasteiger partial charge in [0.15, 0.2) is 0 Å². The van der Waals surface area contributed by atoms with Crippen molar-refractivity contribution in [3.05, 3.63) is 106 Å². The number of nitrogens with one attached hydrogen (secondary N) is 1. The molecule has 4 aromatic rings. The third-order valence-electron chi connectivity index (χ3n) is 5.73. The molecule has 7 nitrogen and oxygen atoms in total. The van der Waals surface area contributed by atoms with Crippen molar-refractivity contribution in [1.29, 1.82) is 0 Å². The van der Waals surface area contributed by atoms with Crippen LogP contribution in [0.15, 0.2) is 83.8 Å². The highest BCUT2D eigenvalue weighted by atomic mass is 16.6. The third-order valence-corrected chi connectivity index (χ3v) is 5.73. The van der Waals surface area contributed by atoms with Crippen LogP contribution in [-0.4, -0.2) is 29.2 Å². The molecule has 0 fully saturated rings. The molecule has 0 atom stereocenters. The molecule has 7 heteroatoms. The minimum Gasteiger partial charge on any atom is -0.497 e. The number of methoxy groups -OCH3 is 1. The largest absolute Gasteiger partial charge is 0.497 e. The Bertz CT molecular complexity index is 1480. The number of ether oxygens (including phenoxy) is 2. The molecule has 4 rings (SSSR count). The van der Waals surface area contributed by atoms with E-state index in [0.717, 1.165) is 22.3 Å². The van der Waals surface area contributed by atoms with Gasteiger partial charge < -0.3 is 19.4 Å². The number of esters is 1. The summed E-state index contributed by atoms with van der Waals surface area (Å²) >= 11 is 0. The predicted octanol–water partition coefficient (Wildman–Crippen LogP) is 5.19. The number of pyridine rings is 1. The normalized spacial score (nSPS) is 11.2. The minimum absolute atomic E-state index is 0.167. The van der Waals surface area contributed by atoms with Crippen LogP contribution in [0.3, 0.4) is 0 Å². The summed E-state index contributed by atoms with van der Waals surface area (Å²) in [6.07, 6.45) is 1.95. The topological polar surface area (TPSA) is 86.6 Å². The molecule has 0 radical (unpaired) electrons. The first kappa shape index (κ1) is 25.7. The Morgan fingerprint density at radius 3 is 2.22 bits per heavy atom. The van der Waals surface area contributed by atoms with E-state index in [1.165, 1.54) is 0 Å². The van der Waals surface area contributed by atoms with Crippen LogP contribution < -0.4 is 15.6 Å². The fourth-order valence-corrected chi connectivity index (χ4v) is 3.90. The fourth-order valence-electron chi connectivity index (χ4n) is 3.90. The van der Waals surface area contributed by atoms with Gasteiger partial charge in [0, 0.05) is 17.3 Å². The van der Waals surface area contributed by atoms with Crippen molar-refractivity contribution in [1.82, 2.24) is 4.57 Å². The van der Waals surface area contributed by atoms with E-state index in [1.54, 1.807) is 42.1 Å². The number of aromatic nitrogens is 1. The zero-order valence-corrected chi connectivity index (χ0v) is 21.4. The first-order valence-corrected chi connectivity index (χ1v) is 12.0. The van der Waals surface area contributed by atoms with Crippen LogP contribution in [0.5, 0.6) is 5.75 Å². The molecular weight excluding hydrogens is 468 g/mol. The van der Waals surface area contributed by atoms with Crippen LogP contribution in [0.25, 0.3) is 10.8 Å². The summed E-state index contributed by atoms with van der Waals surface area (Å²) in [6.45, 7) is 5.81. The zero-order chi connectivity index (χ0) is 26.6. The van der Waals surface area contributed by atoms with Gasteiger partial charge in [-0.05, 0) is 79.7 Å². The number of anilines is 1. The molecule has 0 saturated heterocycles. The van der Waals surface area contributed by atoms with Crippen LogP contribution >= 0.6 is 0 Å². The number of carbonyl (C=O) groups is 2. The van der Waals surface area contributed by atoms with Crippen molar-refractivity contribution < 1.29 is 19.1 Å². The van der Waals surface area contributed by atoms with E-state index >= 15 is 0 Å². The Balaban J connectivity index is 1.48. The number of hydrogen-bond acceptors (Lipinski definition) is 5. The Morgan fingerprint density at radius 2 is 1.57 bits per heavy atom. The number of hydrogen-bond donors (Lipinski definition) is 1. The van der Waals surface area contributed by atoms with Gasteiger partial charge in [-0.15, -0.1) is 0 Å². The minimum atomic E-state index is -0.567.